The number of oxazole rings is 1. The molecule has 3 heterocycles. The maximum atomic E-state index is 12.7. The van der Waals surface area contributed by atoms with Gasteiger partial charge < -0.3 is 9.32 Å². The molecule has 1 aromatic carbocycles. The van der Waals surface area contributed by atoms with Crippen molar-refractivity contribution in [3.63, 3.8) is 0 Å². The molecular weight excluding hydrogens is 332 g/mol. The van der Waals surface area contributed by atoms with E-state index in [0.717, 1.165) is 24.3 Å². The lowest BCUT2D eigenvalue weighted by Gasteiger charge is -2.30. The standard InChI is InChI=1S/C19H20N4O3/c1-13-2-4-15(5-3-13)23-17(24)12-16(21-23)19(25)22-9-6-14(7-10-22)18-20-8-11-26-18/h2-5,8,11-12,14,21H,6-7,9-10H2,1H3. The van der Waals surface area contributed by atoms with Gasteiger partial charge >= 0.3 is 0 Å². The van der Waals surface area contributed by atoms with Crippen LogP contribution in [0.15, 0.2) is 52.0 Å². The van der Waals surface area contributed by atoms with Crippen molar-refractivity contribution >= 4 is 5.91 Å². The second kappa shape index (κ2) is 6.67. The molecule has 2 aromatic heterocycles. The Hall–Kier alpha value is -3.09. The molecule has 0 atom stereocenters. The Balaban J connectivity index is 1.48. The van der Waals surface area contributed by atoms with Gasteiger partial charge in [0.25, 0.3) is 11.5 Å². The normalized spacial score (nSPS) is 15.3. The molecule has 1 aliphatic rings. The number of hydrogen-bond acceptors (Lipinski definition) is 4. The zero-order valence-corrected chi connectivity index (χ0v) is 14.5. The van der Waals surface area contributed by atoms with Gasteiger partial charge in [-0.3, -0.25) is 14.7 Å². The van der Waals surface area contributed by atoms with E-state index in [4.69, 9.17) is 4.42 Å². The van der Waals surface area contributed by atoms with Crippen molar-refractivity contribution in [1.29, 1.82) is 0 Å². The third-order valence-corrected chi connectivity index (χ3v) is 4.83. The quantitative estimate of drug-likeness (QED) is 0.785. The molecule has 26 heavy (non-hydrogen) atoms. The molecule has 1 saturated heterocycles. The first-order chi connectivity index (χ1) is 12.6. The number of nitrogens with one attached hydrogen (secondary N) is 1. The highest BCUT2D eigenvalue weighted by Crippen LogP contribution is 2.27. The Labute approximate surface area is 150 Å². The number of amides is 1. The number of carbonyl (C=O) groups is 1. The van der Waals surface area contributed by atoms with Crippen LogP contribution in [0.5, 0.6) is 0 Å². The van der Waals surface area contributed by atoms with Crippen LogP contribution in [-0.4, -0.2) is 38.7 Å². The van der Waals surface area contributed by atoms with Gasteiger partial charge in [-0.25, -0.2) is 9.67 Å². The van der Waals surface area contributed by atoms with Gasteiger partial charge in [-0.05, 0) is 31.9 Å². The number of hydrogen-bond donors (Lipinski definition) is 1. The number of aryl methyl sites for hydroxylation is 1. The summed E-state index contributed by atoms with van der Waals surface area (Å²) in [4.78, 5) is 31.0. The van der Waals surface area contributed by atoms with Crippen LogP contribution >= 0.6 is 0 Å². The van der Waals surface area contributed by atoms with Crippen molar-refractivity contribution < 1.29 is 9.21 Å². The third kappa shape index (κ3) is 3.08. The minimum atomic E-state index is -0.244. The molecular formula is C19H20N4O3. The van der Waals surface area contributed by atoms with E-state index in [-0.39, 0.29) is 17.4 Å². The van der Waals surface area contributed by atoms with Gasteiger partial charge in [-0.1, -0.05) is 17.7 Å². The predicted molar refractivity (Wildman–Crippen MR) is 95.5 cm³/mol. The fraction of sp³-hybridized carbons (Fsp3) is 0.316. The fourth-order valence-corrected chi connectivity index (χ4v) is 3.33. The fourth-order valence-electron chi connectivity index (χ4n) is 3.33. The smallest absolute Gasteiger partial charge is 0.271 e. The first-order valence-electron chi connectivity index (χ1n) is 8.69. The minimum Gasteiger partial charge on any atom is -0.449 e. The molecule has 0 saturated carbocycles. The van der Waals surface area contributed by atoms with E-state index >= 15 is 0 Å². The highest BCUT2D eigenvalue weighted by Gasteiger charge is 2.27. The van der Waals surface area contributed by atoms with Crippen LogP contribution in [0.1, 0.15) is 40.7 Å². The first-order valence-corrected chi connectivity index (χ1v) is 8.69. The van der Waals surface area contributed by atoms with E-state index in [1.807, 2.05) is 31.2 Å². The molecule has 1 fully saturated rings. The summed E-state index contributed by atoms with van der Waals surface area (Å²) in [6, 6.07) is 8.92. The molecule has 3 aromatic rings. The molecule has 0 aliphatic carbocycles. The third-order valence-electron chi connectivity index (χ3n) is 4.83. The largest absolute Gasteiger partial charge is 0.449 e. The Kier molecular flexibility index (Phi) is 4.20. The van der Waals surface area contributed by atoms with Gasteiger partial charge in [0.1, 0.15) is 12.0 Å². The number of benzene rings is 1. The van der Waals surface area contributed by atoms with Crippen molar-refractivity contribution in [2.24, 2.45) is 0 Å². The summed E-state index contributed by atoms with van der Waals surface area (Å²) in [6.07, 6.45) is 4.82. The van der Waals surface area contributed by atoms with Crippen LogP contribution in [0, 0.1) is 6.92 Å². The molecule has 7 heteroatoms. The molecule has 0 spiro atoms. The zero-order valence-electron chi connectivity index (χ0n) is 14.5. The highest BCUT2D eigenvalue weighted by molar-refractivity contribution is 5.92. The topological polar surface area (TPSA) is 84.1 Å². The van der Waals surface area contributed by atoms with Crippen molar-refractivity contribution in [3.8, 4) is 5.69 Å². The predicted octanol–water partition coefficient (Wildman–Crippen LogP) is 2.48. The zero-order chi connectivity index (χ0) is 18.1. The second-order valence-corrected chi connectivity index (χ2v) is 6.62. The summed E-state index contributed by atoms with van der Waals surface area (Å²) in [7, 11) is 0. The Bertz CT molecular complexity index is 946. The van der Waals surface area contributed by atoms with Gasteiger partial charge in [0, 0.05) is 25.1 Å². The van der Waals surface area contributed by atoms with Crippen LogP contribution in [0.3, 0.4) is 0 Å². The lowest BCUT2D eigenvalue weighted by Crippen LogP contribution is -2.38. The summed E-state index contributed by atoms with van der Waals surface area (Å²) >= 11 is 0. The number of nitrogens with zero attached hydrogens (tertiary/aromatic N) is 3. The molecule has 4 rings (SSSR count). The van der Waals surface area contributed by atoms with Gasteiger partial charge in [-0.15, -0.1) is 0 Å². The minimum absolute atomic E-state index is 0.154. The van der Waals surface area contributed by atoms with Crippen LogP contribution in [0.2, 0.25) is 0 Å². The number of H-pyrrole nitrogens is 1. The van der Waals surface area contributed by atoms with Gasteiger partial charge in [0.05, 0.1) is 11.9 Å². The molecule has 1 aliphatic heterocycles. The van der Waals surface area contributed by atoms with E-state index in [2.05, 4.69) is 10.1 Å². The van der Waals surface area contributed by atoms with Gasteiger partial charge in [0.2, 0.25) is 0 Å². The summed E-state index contributed by atoms with van der Waals surface area (Å²) in [5.74, 6) is 0.820. The SMILES string of the molecule is Cc1ccc(-n2[nH]c(C(=O)N3CCC(c4ncco4)CC3)cc2=O)cc1. The van der Waals surface area contributed by atoms with Crippen LogP contribution in [0.25, 0.3) is 5.69 Å². The second-order valence-electron chi connectivity index (χ2n) is 6.62. The molecule has 134 valence electrons. The maximum absolute atomic E-state index is 12.7. The molecule has 1 amide bonds. The number of aromatic amines is 1. The average molecular weight is 352 g/mol. The molecule has 7 nitrogen and oxygen atoms in total. The number of likely N-dealkylation sites (tertiary alicyclic amines) is 1. The van der Waals surface area contributed by atoms with Crippen LogP contribution in [0.4, 0.5) is 0 Å². The Morgan fingerprint density at radius 1 is 1.23 bits per heavy atom. The Morgan fingerprint density at radius 2 is 1.96 bits per heavy atom. The lowest BCUT2D eigenvalue weighted by atomic mass is 9.96. The molecule has 1 N–H and O–H groups in total. The number of rotatable bonds is 3. The highest BCUT2D eigenvalue weighted by atomic mass is 16.3. The monoisotopic (exact) mass is 352 g/mol. The van der Waals surface area contributed by atoms with E-state index in [0.29, 0.717) is 24.5 Å². The first kappa shape index (κ1) is 16.4. The molecule has 0 bridgehead atoms. The average Bonchev–Trinajstić information content (AvgIpc) is 3.32. The van der Waals surface area contributed by atoms with Crippen LogP contribution in [-0.2, 0) is 0 Å². The molecule has 0 radical (unpaired) electrons. The van der Waals surface area contributed by atoms with Crippen molar-refractivity contribution in [1.82, 2.24) is 19.7 Å². The summed E-state index contributed by atoms with van der Waals surface area (Å²) < 4.78 is 6.76. The van der Waals surface area contributed by atoms with E-state index in [1.165, 1.54) is 10.7 Å². The van der Waals surface area contributed by atoms with E-state index in [9.17, 15) is 9.59 Å². The number of aromatic nitrogens is 3. The van der Waals surface area contributed by atoms with Crippen molar-refractivity contribution in [2.75, 3.05) is 13.1 Å². The van der Waals surface area contributed by atoms with E-state index < -0.39 is 0 Å². The summed E-state index contributed by atoms with van der Waals surface area (Å²) in [5.41, 5.74) is 1.89. The van der Waals surface area contributed by atoms with Crippen LogP contribution < -0.4 is 5.56 Å². The number of piperidine rings is 1. The molecule has 0 unspecified atom stereocenters. The summed E-state index contributed by atoms with van der Waals surface area (Å²) in [5, 5.41) is 2.94. The number of carbonyl (C=O) groups excluding carboxylic acids is 1. The van der Waals surface area contributed by atoms with E-state index in [1.54, 1.807) is 17.4 Å². The lowest BCUT2D eigenvalue weighted by molar-refractivity contribution is 0.0700. The summed E-state index contributed by atoms with van der Waals surface area (Å²) in [6.45, 7) is 3.21. The maximum Gasteiger partial charge on any atom is 0.271 e. The van der Waals surface area contributed by atoms with Crippen molar-refractivity contribution in [2.45, 2.75) is 25.7 Å². The van der Waals surface area contributed by atoms with Gasteiger partial charge in [-0.2, -0.15) is 0 Å². The van der Waals surface area contributed by atoms with Crippen molar-refractivity contribution in [3.05, 3.63) is 70.3 Å². The Morgan fingerprint density at radius 3 is 2.62 bits per heavy atom. The van der Waals surface area contributed by atoms with Gasteiger partial charge in [0.15, 0.2) is 5.89 Å².